The average molecular weight is 389 g/mol. The second-order valence-corrected chi connectivity index (χ2v) is 8.40. The van der Waals surface area contributed by atoms with E-state index in [1.807, 2.05) is 56.3 Å². The number of likely N-dealkylation sites (tertiary alicyclic amines) is 1. The highest BCUT2D eigenvalue weighted by Crippen LogP contribution is 2.30. The fourth-order valence-electron chi connectivity index (χ4n) is 4.38. The maximum Gasteiger partial charge on any atom is 0.265 e. The molecule has 2 aliphatic rings. The molecule has 150 valence electrons. The predicted molar refractivity (Wildman–Crippen MR) is 115 cm³/mol. The van der Waals surface area contributed by atoms with Crippen molar-refractivity contribution in [2.24, 2.45) is 0 Å². The van der Waals surface area contributed by atoms with Crippen molar-refractivity contribution in [1.29, 1.82) is 0 Å². The molecule has 0 N–H and O–H groups in total. The molecule has 1 saturated carbocycles. The molecule has 3 aromatic rings. The standard InChI is InChI=1S/C24H27N3O2/c1-16-3-10-23-22(15-16)24(28)27(17(2)25-23)19-6-8-20(9-7-19)29-21-11-13-26(14-12-21)18-4-5-18/h3,6-10,15,18,21H,4-5,11-14H2,1-2H3. The largest absolute Gasteiger partial charge is 0.490 e. The lowest BCUT2D eigenvalue weighted by atomic mass is 10.1. The van der Waals surface area contributed by atoms with Crippen LogP contribution in [0.25, 0.3) is 16.6 Å². The molecule has 0 radical (unpaired) electrons. The maximum atomic E-state index is 13.1. The van der Waals surface area contributed by atoms with E-state index in [-0.39, 0.29) is 11.7 Å². The van der Waals surface area contributed by atoms with Crippen LogP contribution in [0.15, 0.2) is 47.3 Å². The lowest BCUT2D eigenvalue weighted by Gasteiger charge is -2.32. The predicted octanol–water partition coefficient (Wildman–Crippen LogP) is 4.01. The van der Waals surface area contributed by atoms with Gasteiger partial charge >= 0.3 is 0 Å². The summed E-state index contributed by atoms with van der Waals surface area (Å²) in [5.74, 6) is 1.56. The Bertz CT molecular complexity index is 1090. The first-order valence-electron chi connectivity index (χ1n) is 10.6. The van der Waals surface area contributed by atoms with Gasteiger partial charge in [0, 0.05) is 19.1 Å². The van der Waals surface area contributed by atoms with Gasteiger partial charge in [0.15, 0.2) is 0 Å². The number of aryl methyl sites for hydroxylation is 2. The van der Waals surface area contributed by atoms with Crippen molar-refractivity contribution in [3.8, 4) is 11.4 Å². The van der Waals surface area contributed by atoms with Crippen LogP contribution in [0.5, 0.6) is 5.75 Å². The van der Waals surface area contributed by atoms with Gasteiger partial charge in [-0.3, -0.25) is 9.36 Å². The quantitative estimate of drug-likeness (QED) is 0.676. The molecular formula is C24H27N3O2. The molecule has 2 fully saturated rings. The summed E-state index contributed by atoms with van der Waals surface area (Å²) in [6.45, 7) is 6.15. The maximum absolute atomic E-state index is 13.1. The zero-order valence-corrected chi connectivity index (χ0v) is 17.1. The smallest absolute Gasteiger partial charge is 0.265 e. The molecular weight excluding hydrogens is 362 g/mol. The Morgan fingerprint density at radius 2 is 1.69 bits per heavy atom. The van der Waals surface area contributed by atoms with Crippen molar-refractivity contribution in [2.45, 2.75) is 51.7 Å². The molecule has 2 heterocycles. The zero-order valence-electron chi connectivity index (χ0n) is 17.1. The Morgan fingerprint density at radius 1 is 0.966 bits per heavy atom. The molecule has 0 bridgehead atoms. The Morgan fingerprint density at radius 3 is 2.38 bits per heavy atom. The van der Waals surface area contributed by atoms with Crippen molar-refractivity contribution in [3.05, 3.63) is 64.2 Å². The lowest BCUT2D eigenvalue weighted by Crippen LogP contribution is -2.39. The van der Waals surface area contributed by atoms with Gasteiger partial charge in [-0.15, -0.1) is 0 Å². The minimum Gasteiger partial charge on any atom is -0.490 e. The lowest BCUT2D eigenvalue weighted by molar-refractivity contribution is 0.0965. The number of benzene rings is 2. The van der Waals surface area contributed by atoms with Crippen LogP contribution in [0, 0.1) is 13.8 Å². The summed E-state index contributed by atoms with van der Waals surface area (Å²) in [6, 6.07) is 14.5. The van der Waals surface area contributed by atoms with E-state index in [4.69, 9.17) is 4.74 Å². The number of hydrogen-bond donors (Lipinski definition) is 0. The van der Waals surface area contributed by atoms with Crippen molar-refractivity contribution in [3.63, 3.8) is 0 Å². The Labute approximate surface area is 170 Å². The third kappa shape index (κ3) is 3.67. The Kier molecular flexibility index (Phi) is 4.63. The molecule has 5 rings (SSSR count). The highest BCUT2D eigenvalue weighted by molar-refractivity contribution is 5.78. The fraction of sp³-hybridized carbons (Fsp3) is 0.417. The minimum absolute atomic E-state index is 0.0303. The van der Waals surface area contributed by atoms with E-state index in [9.17, 15) is 4.79 Å². The van der Waals surface area contributed by atoms with Gasteiger partial charge in [0.2, 0.25) is 0 Å². The van der Waals surface area contributed by atoms with E-state index in [1.165, 1.54) is 12.8 Å². The van der Waals surface area contributed by atoms with Crippen LogP contribution in [0.3, 0.4) is 0 Å². The zero-order chi connectivity index (χ0) is 20.0. The molecule has 0 atom stereocenters. The molecule has 29 heavy (non-hydrogen) atoms. The van der Waals surface area contributed by atoms with Crippen LogP contribution >= 0.6 is 0 Å². The van der Waals surface area contributed by atoms with Gasteiger partial charge in [-0.2, -0.15) is 0 Å². The monoisotopic (exact) mass is 389 g/mol. The summed E-state index contributed by atoms with van der Waals surface area (Å²) in [5, 5.41) is 0.651. The van der Waals surface area contributed by atoms with Crippen LogP contribution in [-0.4, -0.2) is 39.7 Å². The van der Waals surface area contributed by atoms with Gasteiger partial charge in [-0.05, 0) is 75.9 Å². The van der Waals surface area contributed by atoms with E-state index in [0.717, 1.165) is 54.5 Å². The number of rotatable bonds is 4. The number of hydrogen-bond acceptors (Lipinski definition) is 4. The third-order valence-electron chi connectivity index (χ3n) is 6.13. The van der Waals surface area contributed by atoms with Crippen molar-refractivity contribution < 1.29 is 4.74 Å². The highest BCUT2D eigenvalue weighted by atomic mass is 16.5. The molecule has 1 saturated heterocycles. The summed E-state index contributed by atoms with van der Waals surface area (Å²) < 4.78 is 7.89. The van der Waals surface area contributed by atoms with Crippen molar-refractivity contribution in [1.82, 2.24) is 14.5 Å². The normalized spacial score (nSPS) is 18.3. The van der Waals surface area contributed by atoms with E-state index < -0.39 is 0 Å². The van der Waals surface area contributed by atoms with Gasteiger partial charge in [0.25, 0.3) is 5.56 Å². The van der Waals surface area contributed by atoms with E-state index >= 15 is 0 Å². The first-order valence-corrected chi connectivity index (χ1v) is 10.6. The molecule has 2 aromatic carbocycles. The van der Waals surface area contributed by atoms with Gasteiger partial charge in [0.05, 0.1) is 16.6 Å². The van der Waals surface area contributed by atoms with Crippen LogP contribution in [0.4, 0.5) is 0 Å². The van der Waals surface area contributed by atoms with Crippen molar-refractivity contribution in [2.75, 3.05) is 13.1 Å². The van der Waals surface area contributed by atoms with Crippen LogP contribution in [0.1, 0.15) is 37.1 Å². The van der Waals surface area contributed by atoms with Crippen LogP contribution in [-0.2, 0) is 0 Å². The number of fused-ring (bicyclic) bond motifs is 1. The second-order valence-electron chi connectivity index (χ2n) is 8.40. The molecule has 0 unspecified atom stereocenters. The number of aromatic nitrogens is 2. The summed E-state index contributed by atoms with van der Waals surface area (Å²) in [6.07, 6.45) is 5.20. The molecule has 1 aromatic heterocycles. The minimum atomic E-state index is -0.0303. The number of nitrogens with zero attached hydrogens (tertiary/aromatic N) is 3. The van der Waals surface area contributed by atoms with Gasteiger partial charge < -0.3 is 9.64 Å². The highest BCUT2D eigenvalue weighted by Gasteiger charge is 2.32. The SMILES string of the molecule is Cc1ccc2nc(C)n(-c3ccc(OC4CCN(C5CC5)CC4)cc3)c(=O)c2c1. The van der Waals surface area contributed by atoms with Gasteiger partial charge in [0.1, 0.15) is 17.7 Å². The fourth-order valence-corrected chi connectivity index (χ4v) is 4.38. The van der Waals surface area contributed by atoms with Gasteiger partial charge in [-0.1, -0.05) is 11.6 Å². The summed E-state index contributed by atoms with van der Waals surface area (Å²) in [5.41, 5.74) is 2.59. The first-order chi connectivity index (χ1) is 14.1. The average Bonchev–Trinajstić information content (AvgIpc) is 3.56. The molecule has 1 aliphatic heterocycles. The molecule has 5 heteroatoms. The van der Waals surface area contributed by atoms with Crippen molar-refractivity contribution >= 4 is 10.9 Å². The first kappa shape index (κ1) is 18.4. The summed E-state index contributed by atoms with van der Waals surface area (Å²) >= 11 is 0. The Balaban J connectivity index is 1.35. The van der Waals surface area contributed by atoms with Crippen LogP contribution < -0.4 is 10.3 Å². The van der Waals surface area contributed by atoms with Gasteiger partial charge in [-0.25, -0.2) is 4.98 Å². The van der Waals surface area contributed by atoms with E-state index in [0.29, 0.717) is 11.2 Å². The topological polar surface area (TPSA) is 47.4 Å². The second kappa shape index (κ2) is 7.30. The molecule has 5 nitrogen and oxygen atoms in total. The molecule has 1 aliphatic carbocycles. The third-order valence-corrected chi connectivity index (χ3v) is 6.13. The van der Waals surface area contributed by atoms with Crippen LogP contribution in [0.2, 0.25) is 0 Å². The number of ether oxygens (including phenoxy) is 1. The summed E-state index contributed by atoms with van der Waals surface area (Å²) in [4.78, 5) is 20.3. The Hall–Kier alpha value is -2.66. The van der Waals surface area contributed by atoms with E-state index in [2.05, 4.69) is 9.88 Å². The number of piperidine rings is 1. The van der Waals surface area contributed by atoms with E-state index in [1.54, 1.807) is 4.57 Å². The molecule has 0 spiro atoms. The summed E-state index contributed by atoms with van der Waals surface area (Å²) in [7, 11) is 0. The molecule has 0 amide bonds.